The summed E-state index contributed by atoms with van der Waals surface area (Å²) in [6, 6.07) is 8.35. The Labute approximate surface area is 107 Å². The Morgan fingerprint density at radius 3 is 3.11 bits per heavy atom. The Balaban J connectivity index is 1.87. The predicted molar refractivity (Wildman–Crippen MR) is 71.4 cm³/mol. The minimum atomic E-state index is 0.142. The lowest BCUT2D eigenvalue weighted by molar-refractivity contribution is 0.179. The van der Waals surface area contributed by atoms with Crippen LogP contribution in [0.3, 0.4) is 0 Å². The number of para-hydroxylation sites is 2. The molecule has 1 aliphatic rings. The summed E-state index contributed by atoms with van der Waals surface area (Å²) in [6.07, 6.45) is 1.08. The van der Waals surface area contributed by atoms with Gasteiger partial charge < -0.3 is 15.0 Å². The van der Waals surface area contributed by atoms with E-state index in [0.717, 1.165) is 37.5 Å². The van der Waals surface area contributed by atoms with Gasteiger partial charge in [-0.3, -0.25) is 0 Å². The highest BCUT2D eigenvalue weighted by atomic mass is 16.5. The van der Waals surface area contributed by atoms with Gasteiger partial charge in [-0.1, -0.05) is 12.1 Å². The highest BCUT2D eigenvalue weighted by Crippen LogP contribution is 2.20. The maximum absolute atomic E-state index is 6.30. The number of ether oxygens (including phenoxy) is 1. The topological polar surface area (TPSA) is 53.1 Å². The lowest BCUT2D eigenvalue weighted by atomic mass is 10.00. The predicted octanol–water partition coefficient (Wildman–Crippen LogP) is 1.71. The van der Waals surface area contributed by atoms with Crippen molar-refractivity contribution in [2.45, 2.75) is 25.9 Å². The molecule has 3 rings (SSSR count). The van der Waals surface area contributed by atoms with Crippen LogP contribution in [0, 0.1) is 12.8 Å². The molecule has 0 radical (unpaired) electrons. The fourth-order valence-corrected chi connectivity index (χ4v) is 2.68. The number of aryl methyl sites for hydroxylation is 1. The summed E-state index contributed by atoms with van der Waals surface area (Å²) in [5.41, 5.74) is 8.52. The average molecular weight is 245 g/mol. The van der Waals surface area contributed by atoms with Gasteiger partial charge in [-0.25, -0.2) is 4.98 Å². The van der Waals surface area contributed by atoms with E-state index in [-0.39, 0.29) is 6.04 Å². The van der Waals surface area contributed by atoms with E-state index in [9.17, 15) is 0 Å². The highest BCUT2D eigenvalue weighted by Gasteiger charge is 2.23. The molecule has 0 bridgehead atoms. The molecule has 2 atom stereocenters. The molecule has 1 fully saturated rings. The van der Waals surface area contributed by atoms with Crippen LogP contribution in [0.1, 0.15) is 12.2 Å². The van der Waals surface area contributed by atoms with E-state index >= 15 is 0 Å². The lowest BCUT2D eigenvalue weighted by Gasteiger charge is -2.19. The maximum Gasteiger partial charge on any atom is 0.106 e. The normalized spacial score (nSPS) is 21.6. The lowest BCUT2D eigenvalue weighted by Crippen LogP contribution is -2.35. The zero-order valence-electron chi connectivity index (χ0n) is 10.7. The van der Waals surface area contributed by atoms with E-state index in [0.29, 0.717) is 5.92 Å². The van der Waals surface area contributed by atoms with Crippen LogP contribution in [-0.2, 0) is 11.3 Å². The van der Waals surface area contributed by atoms with Crippen molar-refractivity contribution < 1.29 is 4.74 Å². The fourth-order valence-electron chi connectivity index (χ4n) is 2.68. The first kappa shape index (κ1) is 11.7. The molecule has 0 amide bonds. The Kier molecular flexibility index (Phi) is 3.06. The van der Waals surface area contributed by atoms with Crippen molar-refractivity contribution in [1.82, 2.24) is 9.55 Å². The number of hydrogen-bond acceptors (Lipinski definition) is 3. The van der Waals surface area contributed by atoms with Crippen LogP contribution in [0.5, 0.6) is 0 Å². The minimum Gasteiger partial charge on any atom is -0.381 e. The summed E-state index contributed by atoms with van der Waals surface area (Å²) >= 11 is 0. The fraction of sp³-hybridized carbons (Fsp3) is 0.500. The second-order valence-electron chi connectivity index (χ2n) is 5.05. The molecule has 0 aliphatic carbocycles. The summed E-state index contributed by atoms with van der Waals surface area (Å²) < 4.78 is 7.63. The first-order valence-electron chi connectivity index (χ1n) is 6.51. The summed E-state index contributed by atoms with van der Waals surface area (Å²) in [4.78, 5) is 4.57. The molecule has 0 spiro atoms. The molecule has 2 heterocycles. The van der Waals surface area contributed by atoms with Crippen molar-refractivity contribution in [2.24, 2.45) is 11.7 Å². The molecule has 1 aromatic heterocycles. The van der Waals surface area contributed by atoms with Gasteiger partial charge in [0.05, 0.1) is 17.6 Å². The maximum atomic E-state index is 6.30. The van der Waals surface area contributed by atoms with Gasteiger partial charge in [-0.05, 0) is 25.5 Å². The van der Waals surface area contributed by atoms with E-state index in [2.05, 4.69) is 15.6 Å². The van der Waals surface area contributed by atoms with Crippen LogP contribution in [0.15, 0.2) is 24.3 Å². The number of fused-ring (bicyclic) bond motifs is 1. The third-order valence-electron chi connectivity index (χ3n) is 3.81. The first-order valence-corrected chi connectivity index (χ1v) is 6.51. The van der Waals surface area contributed by atoms with Crippen molar-refractivity contribution in [2.75, 3.05) is 13.2 Å². The standard InChI is InChI=1S/C14H19N3O/c1-10-16-13-4-2-3-5-14(13)17(10)8-12(15)11-6-7-18-9-11/h2-5,11-12H,6-9,15H2,1H3. The van der Waals surface area contributed by atoms with Crippen molar-refractivity contribution in [1.29, 1.82) is 0 Å². The Bertz CT molecular complexity index is 543. The molecular formula is C14H19N3O. The molecule has 4 nitrogen and oxygen atoms in total. The molecule has 2 aromatic rings. The van der Waals surface area contributed by atoms with Crippen LogP contribution in [0.2, 0.25) is 0 Å². The molecule has 2 N–H and O–H groups in total. The molecule has 18 heavy (non-hydrogen) atoms. The van der Waals surface area contributed by atoms with Crippen molar-refractivity contribution in [3.05, 3.63) is 30.1 Å². The smallest absolute Gasteiger partial charge is 0.106 e. The molecule has 96 valence electrons. The van der Waals surface area contributed by atoms with Crippen molar-refractivity contribution in [3.63, 3.8) is 0 Å². The molecule has 4 heteroatoms. The van der Waals surface area contributed by atoms with Crippen molar-refractivity contribution in [3.8, 4) is 0 Å². The number of nitrogens with zero attached hydrogens (tertiary/aromatic N) is 2. The van der Waals surface area contributed by atoms with Crippen molar-refractivity contribution >= 4 is 11.0 Å². The molecule has 2 unspecified atom stereocenters. The number of aromatic nitrogens is 2. The van der Waals surface area contributed by atoms with Gasteiger partial charge in [0.1, 0.15) is 5.82 Å². The van der Waals surface area contributed by atoms with Crippen LogP contribution in [0.25, 0.3) is 11.0 Å². The van der Waals surface area contributed by atoms with Gasteiger partial charge in [-0.15, -0.1) is 0 Å². The van der Waals surface area contributed by atoms with E-state index in [1.807, 2.05) is 25.1 Å². The van der Waals surface area contributed by atoms with Gasteiger partial charge in [0, 0.05) is 25.1 Å². The van der Waals surface area contributed by atoms with Crippen LogP contribution < -0.4 is 5.73 Å². The molecule has 1 aromatic carbocycles. The second-order valence-corrected chi connectivity index (χ2v) is 5.05. The zero-order chi connectivity index (χ0) is 12.5. The minimum absolute atomic E-state index is 0.142. The monoisotopic (exact) mass is 245 g/mol. The van der Waals surface area contributed by atoms with E-state index in [1.54, 1.807) is 0 Å². The van der Waals surface area contributed by atoms with Gasteiger partial charge in [0.2, 0.25) is 0 Å². The third-order valence-corrected chi connectivity index (χ3v) is 3.81. The molecule has 1 aliphatic heterocycles. The zero-order valence-corrected chi connectivity index (χ0v) is 10.7. The number of benzene rings is 1. The summed E-state index contributed by atoms with van der Waals surface area (Å²) in [5, 5.41) is 0. The summed E-state index contributed by atoms with van der Waals surface area (Å²) in [7, 11) is 0. The number of hydrogen-bond donors (Lipinski definition) is 1. The third kappa shape index (κ3) is 2.02. The number of imidazole rings is 1. The first-order chi connectivity index (χ1) is 8.75. The van der Waals surface area contributed by atoms with Gasteiger partial charge >= 0.3 is 0 Å². The largest absolute Gasteiger partial charge is 0.381 e. The Morgan fingerprint density at radius 1 is 1.50 bits per heavy atom. The van der Waals surface area contributed by atoms with Gasteiger partial charge in [0.25, 0.3) is 0 Å². The molecule has 1 saturated heterocycles. The molecule has 0 saturated carbocycles. The quantitative estimate of drug-likeness (QED) is 0.895. The summed E-state index contributed by atoms with van der Waals surface area (Å²) in [5.74, 6) is 1.51. The SMILES string of the molecule is Cc1nc2ccccc2n1CC(N)C1CCOC1. The van der Waals surface area contributed by atoms with E-state index in [1.165, 1.54) is 5.52 Å². The van der Waals surface area contributed by atoms with E-state index in [4.69, 9.17) is 10.5 Å². The summed E-state index contributed by atoms with van der Waals surface area (Å²) in [6.45, 7) is 4.51. The van der Waals surface area contributed by atoms with Crippen LogP contribution >= 0.6 is 0 Å². The Hall–Kier alpha value is -1.39. The van der Waals surface area contributed by atoms with Crippen LogP contribution in [0.4, 0.5) is 0 Å². The van der Waals surface area contributed by atoms with Gasteiger partial charge in [0.15, 0.2) is 0 Å². The van der Waals surface area contributed by atoms with Gasteiger partial charge in [-0.2, -0.15) is 0 Å². The molecular weight excluding hydrogens is 226 g/mol. The highest BCUT2D eigenvalue weighted by molar-refractivity contribution is 5.75. The Morgan fingerprint density at radius 2 is 2.33 bits per heavy atom. The van der Waals surface area contributed by atoms with E-state index < -0.39 is 0 Å². The van der Waals surface area contributed by atoms with Crippen LogP contribution in [-0.4, -0.2) is 28.8 Å². The number of rotatable bonds is 3. The second kappa shape index (κ2) is 4.71. The average Bonchev–Trinajstić information content (AvgIpc) is 2.98. The number of nitrogens with two attached hydrogens (primary N) is 1.